The Balaban J connectivity index is 1.44. The third kappa shape index (κ3) is 4.11. The molecule has 0 radical (unpaired) electrons. The van der Waals surface area contributed by atoms with E-state index in [1.165, 1.54) is 46.0 Å². The van der Waals surface area contributed by atoms with Gasteiger partial charge in [-0.3, -0.25) is 4.79 Å². The largest absolute Gasteiger partial charge is 0.291 e. The number of thiazole rings is 1. The van der Waals surface area contributed by atoms with E-state index in [0.717, 1.165) is 16.8 Å². The van der Waals surface area contributed by atoms with Crippen molar-refractivity contribution in [3.05, 3.63) is 97.9 Å². The zero-order valence-corrected chi connectivity index (χ0v) is 22.8. The lowest BCUT2D eigenvalue weighted by molar-refractivity contribution is 0.0771. The fraction of sp³-hybridized carbons (Fsp3) is 0.192. The van der Waals surface area contributed by atoms with E-state index in [1.807, 2.05) is 6.08 Å². The van der Waals surface area contributed by atoms with Crippen LogP contribution < -0.4 is 0 Å². The molecule has 0 amide bonds. The van der Waals surface area contributed by atoms with Crippen molar-refractivity contribution in [3.8, 4) is 5.69 Å². The summed E-state index contributed by atoms with van der Waals surface area (Å²) in [6, 6.07) is 10.2. The van der Waals surface area contributed by atoms with Gasteiger partial charge in [0.25, 0.3) is 0 Å². The predicted octanol–water partition coefficient (Wildman–Crippen LogP) is 5.68. The van der Waals surface area contributed by atoms with E-state index in [1.54, 1.807) is 33.9 Å². The third-order valence-corrected chi connectivity index (χ3v) is 10.2. The van der Waals surface area contributed by atoms with E-state index in [2.05, 4.69) is 10.1 Å². The van der Waals surface area contributed by atoms with Gasteiger partial charge in [-0.1, -0.05) is 28.8 Å². The molecule has 1 aliphatic heterocycles. The maximum Gasteiger partial charge on any atom is 0.243 e. The number of sulfonamides is 1. The number of rotatable bonds is 5. The van der Waals surface area contributed by atoms with Crippen LogP contribution in [0.3, 0.4) is 0 Å². The van der Waals surface area contributed by atoms with Gasteiger partial charge >= 0.3 is 0 Å². The van der Waals surface area contributed by atoms with Crippen LogP contribution in [0.5, 0.6) is 0 Å². The molecular weight excluding hydrogens is 570 g/mol. The molecule has 3 heterocycles. The Labute approximate surface area is 232 Å². The molecule has 4 aromatic rings. The lowest BCUT2D eigenvalue weighted by Gasteiger charge is -2.44. The zero-order valence-electron chi connectivity index (χ0n) is 19.6. The van der Waals surface area contributed by atoms with E-state index in [-0.39, 0.29) is 46.1 Å². The molecule has 6 rings (SSSR count). The number of hydrogen-bond donors (Lipinski definition) is 0. The molecule has 38 heavy (non-hydrogen) atoms. The molecule has 1 saturated heterocycles. The van der Waals surface area contributed by atoms with Gasteiger partial charge in [0.05, 0.1) is 43.4 Å². The molecule has 12 heteroatoms. The summed E-state index contributed by atoms with van der Waals surface area (Å²) in [5.74, 6) is -0.587. The van der Waals surface area contributed by atoms with Gasteiger partial charge in [0.1, 0.15) is 11.5 Å². The van der Waals surface area contributed by atoms with Gasteiger partial charge in [0.2, 0.25) is 10.0 Å². The van der Waals surface area contributed by atoms with E-state index in [0.29, 0.717) is 17.8 Å². The molecule has 0 saturated carbocycles. The normalized spacial score (nSPS) is 19.5. The number of benzene rings is 2. The highest BCUT2D eigenvalue weighted by atomic mass is 35.5. The first kappa shape index (κ1) is 25.4. The van der Waals surface area contributed by atoms with Crippen LogP contribution in [-0.2, 0) is 16.4 Å². The summed E-state index contributed by atoms with van der Waals surface area (Å²) in [6.07, 6.45) is 4.18. The van der Waals surface area contributed by atoms with Crippen molar-refractivity contribution in [2.75, 3.05) is 13.1 Å². The van der Waals surface area contributed by atoms with Crippen molar-refractivity contribution < 1.29 is 17.6 Å². The van der Waals surface area contributed by atoms with Crippen molar-refractivity contribution in [1.82, 2.24) is 19.1 Å². The number of carbonyl (C=O) groups excluding carboxylic acids is 1. The number of carbonyl (C=O) groups is 1. The first-order valence-electron chi connectivity index (χ1n) is 11.6. The summed E-state index contributed by atoms with van der Waals surface area (Å²) < 4.78 is 43.9. The molecule has 1 atom stereocenters. The Morgan fingerprint density at radius 2 is 1.89 bits per heavy atom. The van der Waals surface area contributed by atoms with Gasteiger partial charge in [-0.05, 0) is 66.9 Å². The van der Waals surface area contributed by atoms with Crippen molar-refractivity contribution >= 4 is 56.4 Å². The Kier molecular flexibility index (Phi) is 6.27. The highest BCUT2D eigenvalue weighted by Crippen LogP contribution is 2.47. The molecule has 1 aliphatic carbocycles. The summed E-state index contributed by atoms with van der Waals surface area (Å²) >= 11 is 13.4. The van der Waals surface area contributed by atoms with E-state index < -0.39 is 15.4 Å². The maximum atomic E-state index is 14.0. The van der Waals surface area contributed by atoms with E-state index in [9.17, 15) is 17.6 Å². The van der Waals surface area contributed by atoms with Gasteiger partial charge in [0, 0.05) is 18.5 Å². The van der Waals surface area contributed by atoms with Crippen LogP contribution >= 0.6 is 34.5 Å². The number of ketones is 1. The van der Waals surface area contributed by atoms with Crippen molar-refractivity contribution in [2.45, 2.75) is 17.7 Å². The highest BCUT2D eigenvalue weighted by molar-refractivity contribution is 7.89. The Bertz CT molecular complexity index is 1700. The highest BCUT2D eigenvalue weighted by Gasteiger charge is 2.51. The van der Waals surface area contributed by atoms with Gasteiger partial charge in [-0.2, -0.15) is 9.40 Å². The van der Waals surface area contributed by atoms with Crippen molar-refractivity contribution in [2.24, 2.45) is 5.41 Å². The van der Waals surface area contributed by atoms with Gasteiger partial charge in [0.15, 0.2) is 5.78 Å². The minimum absolute atomic E-state index is 0.0104. The fourth-order valence-electron chi connectivity index (χ4n) is 5.17. The molecule has 7 nitrogen and oxygen atoms in total. The van der Waals surface area contributed by atoms with E-state index >= 15 is 0 Å². The molecule has 2 aliphatic rings. The van der Waals surface area contributed by atoms with Gasteiger partial charge in [-0.15, -0.1) is 11.3 Å². The van der Waals surface area contributed by atoms with Crippen LogP contribution in [0.25, 0.3) is 11.8 Å². The summed E-state index contributed by atoms with van der Waals surface area (Å²) in [7, 11) is -3.97. The molecule has 2 aromatic heterocycles. The second-order valence-electron chi connectivity index (χ2n) is 9.24. The zero-order chi connectivity index (χ0) is 26.7. The van der Waals surface area contributed by atoms with Crippen molar-refractivity contribution in [1.29, 1.82) is 0 Å². The predicted molar refractivity (Wildman–Crippen MR) is 144 cm³/mol. The number of halogens is 3. The first-order chi connectivity index (χ1) is 18.2. The minimum atomic E-state index is -3.97. The Morgan fingerprint density at radius 1 is 1.11 bits per heavy atom. The van der Waals surface area contributed by atoms with Crippen LogP contribution in [-0.4, -0.2) is 46.4 Å². The number of Topliss-reactive ketones (excluding diaryl/α,β-unsaturated/α-hetero) is 1. The minimum Gasteiger partial charge on any atom is -0.291 e. The average Bonchev–Trinajstić information content (AvgIpc) is 3.59. The SMILES string of the molecule is O=C(c1cscn1)C12Cc3cnn(-c4ccc(F)cc4)c3C=C1CCN(S(=O)(=O)c1ccc(Cl)c(Cl)c1)C2. The lowest BCUT2D eigenvalue weighted by Crippen LogP contribution is -2.53. The summed E-state index contributed by atoms with van der Waals surface area (Å²) in [4.78, 5) is 18.3. The average molecular weight is 590 g/mol. The monoisotopic (exact) mass is 588 g/mol. The van der Waals surface area contributed by atoms with Crippen LogP contribution in [0.15, 0.2) is 70.0 Å². The quantitative estimate of drug-likeness (QED) is 0.280. The standard InChI is InChI=1S/C26H19Cl2FN4O3S2/c27-21-6-5-20(10-22(21)28)38(35,36)32-8-7-17-9-24-16(12-31-33(24)19-3-1-18(29)2-4-19)11-26(17,14-32)25(34)23-13-37-15-30-23/h1-6,9-10,12-13,15H,7-8,11,14H2. The fourth-order valence-corrected chi connectivity index (χ4v) is 7.59. The second kappa shape index (κ2) is 9.39. The third-order valence-electron chi connectivity index (χ3n) is 7.08. The number of nitrogens with zero attached hydrogens (tertiary/aromatic N) is 4. The molecule has 0 bridgehead atoms. The molecule has 1 unspecified atom stereocenters. The Morgan fingerprint density at radius 3 is 2.61 bits per heavy atom. The molecular formula is C26H19Cl2FN4O3S2. The first-order valence-corrected chi connectivity index (χ1v) is 14.7. The maximum absolute atomic E-state index is 14.0. The summed E-state index contributed by atoms with van der Waals surface area (Å²) in [5, 5.41) is 6.57. The topological polar surface area (TPSA) is 85.2 Å². The van der Waals surface area contributed by atoms with Crippen LogP contribution in [0.2, 0.25) is 10.0 Å². The Hall–Kier alpha value is -2.89. The number of piperidine rings is 1. The molecule has 1 fully saturated rings. The van der Waals surface area contributed by atoms with Crippen molar-refractivity contribution in [3.63, 3.8) is 0 Å². The molecule has 194 valence electrons. The lowest BCUT2D eigenvalue weighted by atomic mass is 9.65. The smallest absolute Gasteiger partial charge is 0.243 e. The molecule has 0 spiro atoms. The van der Waals surface area contributed by atoms with Crippen LogP contribution in [0, 0.1) is 11.2 Å². The number of aromatic nitrogens is 3. The van der Waals surface area contributed by atoms with Crippen LogP contribution in [0.1, 0.15) is 28.2 Å². The summed E-state index contributed by atoms with van der Waals surface area (Å²) in [5.41, 5.74) is 3.80. The summed E-state index contributed by atoms with van der Waals surface area (Å²) in [6.45, 7) is 0.124. The molecule has 2 aromatic carbocycles. The van der Waals surface area contributed by atoms with E-state index in [4.69, 9.17) is 23.2 Å². The molecule has 0 N–H and O–H groups in total. The van der Waals surface area contributed by atoms with Gasteiger partial charge < -0.3 is 0 Å². The van der Waals surface area contributed by atoms with Gasteiger partial charge in [-0.25, -0.2) is 22.5 Å². The second-order valence-corrected chi connectivity index (χ2v) is 12.7. The number of fused-ring (bicyclic) bond motifs is 2. The van der Waals surface area contributed by atoms with Crippen LogP contribution in [0.4, 0.5) is 4.39 Å². The number of hydrogen-bond acceptors (Lipinski definition) is 6.